The van der Waals surface area contributed by atoms with Crippen LogP contribution in [0.15, 0.2) is 91.1 Å². The van der Waals surface area contributed by atoms with Crippen molar-refractivity contribution in [2.75, 3.05) is 0 Å². The summed E-state index contributed by atoms with van der Waals surface area (Å²) in [6.07, 6.45) is 7.59. The molecule has 7 aromatic rings. The summed E-state index contributed by atoms with van der Waals surface area (Å²) in [5.74, 6) is 3.97. The summed E-state index contributed by atoms with van der Waals surface area (Å²) in [6.45, 7) is 17.8. The van der Waals surface area contributed by atoms with E-state index >= 15 is 0 Å². The van der Waals surface area contributed by atoms with E-state index in [4.69, 9.17) is 14.8 Å². The van der Waals surface area contributed by atoms with E-state index in [2.05, 4.69) is 139 Å². The van der Waals surface area contributed by atoms with E-state index < -0.39 is 0 Å². The van der Waals surface area contributed by atoms with Crippen LogP contribution in [-0.4, -0.2) is 19.3 Å². The van der Waals surface area contributed by atoms with Gasteiger partial charge in [-0.05, 0) is 97.3 Å². The second-order valence-electron chi connectivity index (χ2n) is 15.7. The van der Waals surface area contributed by atoms with Crippen molar-refractivity contribution in [2.24, 2.45) is 11.8 Å². The smallest absolute Gasteiger partial charge is 0.509 e. The molecule has 0 bridgehead atoms. The molecule has 4 aromatic carbocycles. The van der Waals surface area contributed by atoms with Gasteiger partial charge in [0, 0.05) is 34.5 Å². The number of rotatable bonds is 13. The van der Waals surface area contributed by atoms with Gasteiger partial charge in [0.2, 0.25) is 0 Å². The van der Waals surface area contributed by atoms with Crippen LogP contribution in [0.2, 0.25) is 0 Å². The minimum atomic E-state index is 0. The Bertz CT molecular complexity index is 2370. The van der Waals surface area contributed by atoms with Crippen molar-refractivity contribution in [3.8, 4) is 34.1 Å². The summed E-state index contributed by atoms with van der Waals surface area (Å²) >= 11 is 0. The van der Waals surface area contributed by atoms with Crippen LogP contribution in [-0.2, 0) is 27.5 Å². The van der Waals surface area contributed by atoms with Crippen molar-refractivity contribution in [3.05, 3.63) is 131 Å². The van der Waals surface area contributed by atoms with Crippen LogP contribution in [0.1, 0.15) is 94.3 Å². The van der Waals surface area contributed by atoms with Gasteiger partial charge >= 0.3 is 21.1 Å². The zero-order valence-electron chi connectivity index (χ0n) is 32.9. The maximum absolute atomic E-state index is 6.71. The summed E-state index contributed by atoms with van der Waals surface area (Å²) in [5, 5.41) is 7.36. The first-order valence-corrected chi connectivity index (χ1v) is 19.3. The SMILES string of the molecule is Cc1ccnc(-n2c3[c-]c(Oc4[c-]c(-n5nc(C)c(-c6ccccc6)c5C)cc(CCC(C)C)c4)ccc3c3cc(C(C)CCCC(C)C)ccc32)c1.[Pt+2]. The molecule has 3 heterocycles. The Morgan fingerprint density at radius 1 is 0.741 bits per heavy atom. The number of fused-ring (bicyclic) bond motifs is 3. The van der Waals surface area contributed by atoms with Crippen LogP contribution in [0.5, 0.6) is 11.5 Å². The van der Waals surface area contributed by atoms with E-state index in [1.807, 2.05) is 29.1 Å². The summed E-state index contributed by atoms with van der Waals surface area (Å²) in [5.41, 5.74) is 11.0. The number of nitrogens with zero attached hydrogens (tertiary/aromatic N) is 4. The minimum absolute atomic E-state index is 0. The maximum Gasteiger partial charge on any atom is 2.00 e. The van der Waals surface area contributed by atoms with Crippen molar-refractivity contribution >= 4 is 21.8 Å². The van der Waals surface area contributed by atoms with Gasteiger partial charge in [0.05, 0.1) is 5.69 Å². The van der Waals surface area contributed by atoms with Gasteiger partial charge in [-0.1, -0.05) is 102 Å². The first-order valence-electron chi connectivity index (χ1n) is 19.3. The Kier molecular flexibility index (Phi) is 12.3. The first kappa shape index (κ1) is 39.2. The van der Waals surface area contributed by atoms with Crippen molar-refractivity contribution < 1.29 is 25.8 Å². The third-order valence-electron chi connectivity index (χ3n) is 10.5. The molecule has 6 heteroatoms. The van der Waals surface area contributed by atoms with E-state index in [-0.39, 0.29) is 21.1 Å². The van der Waals surface area contributed by atoms with Crippen LogP contribution in [0.25, 0.3) is 44.4 Å². The fourth-order valence-electron chi connectivity index (χ4n) is 7.56. The standard InChI is InChI=1S/C48H52N4O.Pt/c1-31(2)13-12-14-34(6)39-19-22-45-44(28-39)43-21-20-41(30-46(43)51(45)47-25-33(5)23-24-49-47)53-42-27-37(18-17-32(3)4)26-40(29-42)52-36(8)48(35(7)50-52)38-15-10-9-11-16-38;/h9-11,15-16,19-28,31-32,34H,12-14,17-18H2,1-8H3;/q-2;+2. The van der Waals surface area contributed by atoms with E-state index in [0.717, 1.165) is 74.8 Å². The van der Waals surface area contributed by atoms with E-state index in [1.54, 1.807) is 0 Å². The van der Waals surface area contributed by atoms with Gasteiger partial charge in [0.25, 0.3) is 0 Å². The molecule has 0 aliphatic carbocycles. The second-order valence-corrected chi connectivity index (χ2v) is 15.7. The van der Waals surface area contributed by atoms with Crippen molar-refractivity contribution in [1.82, 2.24) is 19.3 Å². The van der Waals surface area contributed by atoms with Gasteiger partial charge in [0.15, 0.2) is 0 Å². The molecule has 0 spiro atoms. The van der Waals surface area contributed by atoms with E-state index in [9.17, 15) is 0 Å². The molecule has 1 atom stereocenters. The van der Waals surface area contributed by atoms with Gasteiger partial charge < -0.3 is 9.30 Å². The zero-order chi connectivity index (χ0) is 37.2. The summed E-state index contributed by atoms with van der Waals surface area (Å²) in [6, 6.07) is 37.4. The third kappa shape index (κ3) is 8.42. The predicted molar refractivity (Wildman–Crippen MR) is 220 cm³/mol. The normalized spacial score (nSPS) is 12.2. The first-order chi connectivity index (χ1) is 25.5. The second kappa shape index (κ2) is 16.9. The van der Waals surface area contributed by atoms with Gasteiger partial charge in [-0.15, -0.1) is 35.7 Å². The molecule has 1 unspecified atom stereocenters. The largest absolute Gasteiger partial charge is 2.00 e. The molecule has 3 aromatic heterocycles. The number of aromatic nitrogens is 4. The monoisotopic (exact) mass is 895 g/mol. The average Bonchev–Trinajstić information content (AvgIpc) is 3.62. The zero-order valence-corrected chi connectivity index (χ0v) is 35.2. The van der Waals surface area contributed by atoms with Gasteiger partial charge in [-0.3, -0.25) is 4.68 Å². The van der Waals surface area contributed by atoms with E-state index in [1.165, 1.54) is 35.8 Å². The molecular formula is C48H52N4OPt. The van der Waals surface area contributed by atoms with Crippen LogP contribution >= 0.6 is 0 Å². The van der Waals surface area contributed by atoms with Crippen LogP contribution in [0, 0.1) is 44.7 Å². The number of hydrogen-bond acceptors (Lipinski definition) is 3. The predicted octanol–water partition coefficient (Wildman–Crippen LogP) is 12.9. The molecule has 54 heavy (non-hydrogen) atoms. The molecule has 7 rings (SSSR count). The molecule has 0 aliphatic rings. The topological polar surface area (TPSA) is 44.9 Å². The van der Waals surface area contributed by atoms with Crippen LogP contribution in [0.4, 0.5) is 0 Å². The Hall–Kier alpha value is -4.47. The number of ether oxygens (including phenoxy) is 1. The number of aryl methyl sites for hydroxylation is 3. The molecule has 0 saturated carbocycles. The molecule has 0 fully saturated rings. The van der Waals surface area contributed by atoms with Crippen molar-refractivity contribution in [2.45, 2.75) is 93.4 Å². The van der Waals surface area contributed by atoms with Crippen molar-refractivity contribution in [1.29, 1.82) is 0 Å². The molecular weight excluding hydrogens is 844 g/mol. The molecule has 0 N–H and O–H groups in total. The fourth-order valence-corrected chi connectivity index (χ4v) is 7.56. The molecule has 0 amide bonds. The van der Waals surface area contributed by atoms with Crippen LogP contribution < -0.4 is 4.74 Å². The third-order valence-corrected chi connectivity index (χ3v) is 10.5. The molecule has 5 nitrogen and oxygen atoms in total. The average molecular weight is 896 g/mol. The van der Waals surface area contributed by atoms with Gasteiger partial charge in [-0.2, -0.15) is 16.7 Å². The molecule has 0 aliphatic heterocycles. The Morgan fingerprint density at radius 3 is 2.26 bits per heavy atom. The van der Waals surface area contributed by atoms with E-state index in [0.29, 0.717) is 23.3 Å². The quantitative estimate of drug-likeness (QED) is 0.108. The van der Waals surface area contributed by atoms with Crippen molar-refractivity contribution in [3.63, 3.8) is 0 Å². The van der Waals surface area contributed by atoms with Gasteiger partial charge in [-0.25, -0.2) is 4.98 Å². The number of benzene rings is 4. The summed E-state index contributed by atoms with van der Waals surface area (Å²) in [7, 11) is 0. The fraction of sp³-hybridized carbons (Fsp3) is 0.333. The molecule has 0 radical (unpaired) electrons. The minimum Gasteiger partial charge on any atom is -0.509 e. The summed E-state index contributed by atoms with van der Waals surface area (Å²) in [4.78, 5) is 4.83. The Labute approximate surface area is 336 Å². The Balaban J connectivity index is 0.00000497. The maximum atomic E-state index is 6.71. The summed E-state index contributed by atoms with van der Waals surface area (Å²) < 4.78 is 10.9. The number of pyridine rings is 1. The van der Waals surface area contributed by atoms with Gasteiger partial charge in [0.1, 0.15) is 5.82 Å². The Morgan fingerprint density at radius 2 is 1.52 bits per heavy atom. The molecule has 0 saturated heterocycles. The number of hydrogen-bond donors (Lipinski definition) is 0. The van der Waals surface area contributed by atoms with Crippen LogP contribution in [0.3, 0.4) is 0 Å². The molecule has 280 valence electrons.